The number of hydrogen-bond acceptors (Lipinski definition) is 3. The summed E-state index contributed by atoms with van der Waals surface area (Å²) in [4.78, 5) is 0. The molecule has 0 heterocycles. The molecule has 3 nitrogen and oxygen atoms in total. The minimum atomic E-state index is 0.0871. The van der Waals surface area contributed by atoms with Gasteiger partial charge >= 0.3 is 0 Å². The molecule has 0 bridgehead atoms. The van der Waals surface area contributed by atoms with E-state index in [4.69, 9.17) is 16.7 Å². The summed E-state index contributed by atoms with van der Waals surface area (Å²) < 4.78 is 0. The number of nitriles is 1. The molecule has 1 atom stereocenters. The van der Waals surface area contributed by atoms with Crippen LogP contribution < -0.4 is 11.5 Å². The van der Waals surface area contributed by atoms with E-state index in [1.165, 1.54) is 25.7 Å². The average molecular weight is 197 g/mol. The second kappa shape index (κ2) is 10.5. The van der Waals surface area contributed by atoms with E-state index in [0.717, 1.165) is 25.8 Å². The summed E-state index contributed by atoms with van der Waals surface area (Å²) >= 11 is 0. The van der Waals surface area contributed by atoms with Crippen LogP contribution in [0.3, 0.4) is 0 Å². The van der Waals surface area contributed by atoms with Gasteiger partial charge in [0.05, 0.1) is 12.5 Å². The Morgan fingerprint density at radius 3 is 2.14 bits per heavy atom. The molecule has 0 amide bonds. The predicted octanol–water partition coefficient (Wildman–Crippen LogP) is 1.92. The van der Waals surface area contributed by atoms with Crippen LogP contribution in [0, 0.1) is 11.3 Å². The van der Waals surface area contributed by atoms with Crippen LogP contribution in [0.4, 0.5) is 0 Å². The highest BCUT2D eigenvalue weighted by Crippen LogP contribution is 2.08. The zero-order chi connectivity index (χ0) is 10.6. The van der Waals surface area contributed by atoms with Crippen molar-refractivity contribution in [3.63, 3.8) is 0 Å². The summed E-state index contributed by atoms with van der Waals surface area (Å²) in [5.74, 6) is 0. The fourth-order valence-electron chi connectivity index (χ4n) is 1.48. The summed E-state index contributed by atoms with van der Waals surface area (Å²) in [6, 6.07) is 2.18. The number of nitrogens with zero attached hydrogens (tertiary/aromatic N) is 1. The minimum absolute atomic E-state index is 0.0871. The van der Waals surface area contributed by atoms with Gasteiger partial charge in [0.1, 0.15) is 0 Å². The van der Waals surface area contributed by atoms with Crippen LogP contribution >= 0.6 is 0 Å². The first-order valence-corrected chi connectivity index (χ1v) is 5.64. The van der Waals surface area contributed by atoms with Gasteiger partial charge in [-0.2, -0.15) is 5.26 Å². The summed E-state index contributed by atoms with van der Waals surface area (Å²) in [6.07, 6.45) is 8.84. The van der Waals surface area contributed by atoms with Crippen molar-refractivity contribution in [3.8, 4) is 6.07 Å². The molecule has 0 fully saturated rings. The third kappa shape index (κ3) is 9.50. The molecule has 4 N–H and O–H groups in total. The van der Waals surface area contributed by atoms with E-state index in [-0.39, 0.29) is 6.04 Å². The van der Waals surface area contributed by atoms with Crippen LogP contribution in [-0.2, 0) is 0 Å². The Morgan fingerprint density at radius 1 is 1.00 bits per heavy atom. The number of hydrogen-bond donors (Lipinski definition) is 2. The van der Waals surface area contributed by atoms with Crippen LogP contribution in [0.5, 0.6) is 0 Å². The van der Waals surface area contributed by atoms with Crippen molar-refractivity contribution in [2.75, 3.05) is 6.54 Å². The van der Waals surface area contributed by atoms with Gasteiger partial charge in [-0.25, -0.2) is 0 Å². The molecular formula is C11H23N3. The van der Waals surface area contributed by atoms with Crippen LogP contribution in [0.15, 0.2) is 0 Å². The smallest absolute Gasteiger partial charge is 0.0638 e. The van der Waals surface area contributed by atoms with E-state index in [1.54, 1.807) is 0 Å². The monoisotopic (exact) mass is 197 g/mol. The topological polar surface area (TPSA) is 75.8 Å². The van der Waals surface area contributed by atoms with Gasteiger partial charge < -0.3 is 11.5 Å². The molecule has 0 saturated heterocycles. The lowest BCUT2D eigenvalue weighted by Crippen LogP contribution is -2.18. The van der Waals surface area contributed by atoms with Crippen molar-refractivity contribution >= 4 is 0 Å². The Hall–Kier alpha value is -0.590. The first kappa shape index (κ1) is 13.4. The first-order valence-electron chi connectivity index (χ1n) is 5.64. The quantitative estimate of drug-likeness (QED) is 0.554. The van der Waals surface area contributed by atoms with Crippen LogP contribution in [0.25, 0.3) is 0 Å². The Balaban J connectivity index is 3.02. The molecule has 0 saturated carbocycles. The molecule has 0 aromatic heterocycles. The van der Waals surface area contributed by atoms with Crippen LogP contribution in [0.2, 0.25) is 0 Å². The molecule has 14 heavy (non-hydrogen) atoms. The van der Waals surface area contributed by atoms with Gasteiger partial charge in [-0.15, -0.1) is 0 Å². The van der Waals surface area contributed by atoms with Crippen molar-refractivity contribution in [2.45, 2.75) is 57.4 Å². The average Bonchev–Trinajstić information content (AvgIpc) is 2.17. The van der Waals surface area contributed by atoms with Crippen LogP contribution in [0.1, 0.15) is 51.4 Å². The zero-order valence-corrected chi connectivity index (χ0v) is 9.04. The van der Waals surface area contributed by atoms with E-state index >= 15 is 0 Å². The Labute approximate surface area is 87.5 Å². The van der Waals surface area contributed by atoms with Gasteiger partial charge in [-0.1, -0.05) is 32.1 Å². The highest BCUT2D eigenvalue weighted by Gasteiger charge is 2.00. The lowest BCUT2D eigenvalue weighted by molar-refractivity contribution is 0.536. The number of unbranched alkanes of at least 4 members (excludes halogenated alkanes) is 5. The summed E-state index contributed by atoms with van der Waals surface area (Å²) in [5.41, 5.74) is 11.1. The van der Waals surface area contributed by atoms with Gasteiger partial charge in [0.25, 0.3) is 0 Å². The zero-order valence-electron chi connectivity index (χ0n) is 9.04. The van der Waals surface area contributed by atoms with E-state index in [9.17, 15) is 0 Å². The fourth-order valence-corrected chi connectivity index (χ4v) is 1.48. The van der Waals surface area contributed by atoms with Gasteiger partial charge in [0, 0.05) is 6.04 Å². The van der Waals surface area contributed by atoms with Gasteiger partial charge in [0.15, 0.2) is 0 Å². The largest absolute Gasteiger partial charge is 0.330 e. The van der Waals surface area contributed by atoms with E-state index in [0.29, 0.717) is 6.42 Å². The number of nitrogens with two attached hydrogens (primary N) is 2. The van der Waals surface area contributed by atoms with E-state index in [1.807, 2.05) is 0 Å². The molecular weight excluding hydrogens is 174 g/mol. The first-order chi connectivity index (χ1) is 6.81. The maximum Gasteiger partial charge on any atom is 0.0638 e. The maximum absolute atomic E-state index is 8.39. The van der Waals surface area contributed by atoms with Crippen molar-refractivity contribution in [1.82, 2.24) is 0 Å². The molecule has 0 aliphatic rings. The second-order valence-corrected chi connectivity index (χ2v) is 3.82. The molecule has 3 heteroatoms. The number of rotatable bonds is 9. The van der Waals surface area contributed by atoms with Gasteiger partial charge in [0.2, 0.25) is 0 Å². The minimum Gasteiger partial charge on any atom is -0.330 e. The molecule has 0 spiro atoms. The summed E-state index contributed by atoms with van der Waals surface area (Å²) in [5, 5.41) is 8.39. The summed E-state index contributed by atoms with van der Waals surface area (Å²) in [6.45, 7) is 0.813. The standard InChI is InChI=1S/C11H23N3/c12-9-6-4-2-1-3-5-7-11(14)8-10-13/h11H,1-9,12,14H2. The maximum atomic E-state index is 8.39. The third-order valence-electron chi connectivity index (χ3n) is 2.38. The lowest BCUT2D eigenvalue weighted by atomic mass is 10.0. The normalized spacial score (nSPS) is 12.4. The molecule has 0 radical (unpaired) electrons. The fraction of sp³-hybridized carbons (Fsp3) is 0.909. The van der Waals surface area contributed by atoms with Gasteiger partial charge in [-0.05, 0) is 19.4 Å². The molecule has 0 rings (SSSR count). The second-order valence-electron chi connectivity index (χ2n) is 3.82. The highest BCUT2D eigenvalue weighted by molar-refractivity contribution is 4.77. The molecule has 0 aliphatic carbocycles. The molecule has 1 unspecified atom stereocenters. The Bertz CT molecular complexity index is 151. The molecule has 82 valence electrons. The van der Waals surface area contributed by atoms with Crippen molar-refractivity contribution in [2.24, 2.45) is 11.5 Å². The van der Waals surface area contributed by atoms with Crippen molar-refractivity contribution in [1.29, 1.82) is 5.26 Å². The van der Waals surface area contributed by atoms with E-state index in [2.05, 4.69) is 6.07 Å². The van der Waals surface area contributed by atoms with Crippen molar-refractivity contribution < 1.29 is 0 Å². The lowest BCUT2D eigenvalue weighted by Gasteiger charge is -2.06. The molecule has 0 aromatic rings. The molecule has 0 aliphatic heterocycles. The van der Waals surface area contributed by atoms with Crippen molar-refractivity contribution in [3.05, 3.63) is 0 Å². The third-order valence-corrected chi connectivity index (χ3v) is 2.38. The Kier molecular flexibility index (Phi) is 10.0. The Morgan fingerprint density at radius 2 is 1.57 bits per heavy atom. The van der Waals surface area contributed by atoms with E-state index < -0.39 is 0 Å². The summed E-state index contributed by atoms with van der Waals surface area (Å²) in [7, 11) is 0. The molecule has 0 aromatic carbocycles. The predicted molar refractivity (Wildman–Crippen MR) is 59.6 cm³/mol. The van der Waals surface area contributed by atoms with Gasteiger partial charge in [-0.3, -0.25) is 0 Å². The van der Waals surface area contributed by atoms with Crippen LogP contribution in [-0.4, -0.2) is 12.6 Å². The highest BCUT2D eigenvalue weighted by atomic mass is 14.6. The SMILES string of the molecule is N#CCC(N)CCCCCCCCN.